The zero-order chi connectivity index (χ0) is 13.1. The van der Waals surface area contributed by atoms with E-state index in [9.17, 15) is 9.90 Å². The number of benzene rings is 1. The molecule has 0 aromatic heterocycles. The van der Waals surface area contributed by atoms with Crippen LogP contribution in [0.3, 0.4) is 0 Å². The van der Waals surface area contributed by atoms with E-state index in [0.717, 1.165) is 10.0 Å². The Morgan fingerprint density at radius 2 is 2.12 bits per heavy atom. The molecule has 17 heavy (non-hydrogen) atoms. The lowest BCUT2D eigenvalue weighted by atomic mass is 10.0. The molecule has 0 spiro atoms. The van der Waals surface area contributed by atoms with Crippen LogP contribution in [0.4, 0.5) is 0 Å². The minimum Gasteiger partial charge on any atom is -0.480 e. The third-order valence-electron chi connectivity index (χ3n) is 2.96. The minimum absolute atomic E-state index is 0.634. The zero-order valence-electron chi connectivity index (χ0n) is 10.4. The minimum atomic E-state index is -0.850. The topological polar surface area (TPSA) is 40.5 Å². The van der Waals surface area contributed by atoms with Gasteiger partial charge in [-0.15, -0.1) is 0 Å². The maximum Gasteiger partial charge on any atom is 0.323 e. The molecule has 94 valence electrons. The van der Waals surface area contributed by atoms with Gasteiger partial charge in [0.15, 0.2) is 0 Å². The Labute approximate surface area is 111 Å². The van der Waals surface area contributed by atoms with E-state index in [1.54, 1.807) is 13.8 Å². The average Bonchev–Trinajstić information content (AvgIpc) is 2.25. The first kappa shape index (κ1) is 14.2. The maximum atomic E-state index is 11.2. The van der Waals surface area contributed by atoms with Gasteiger partial charge < -0.3 is 5.11 Å². The molecule has 0 bridgehead atoms. The molecule has 0 aliphatic carbocycles. The maximum absolute atomic E-state index is 11.2. The summed E-state index contributed by atoms with van der Waals surface area (Å²) in [6.07, 6.45) is 0. The van der Waals surface area contributed by atoms with Gasteiger partial charge in [-0.2, -0.15) is 0 Å². The van der Waals surface area contributed by atoms with Crippen molar-refractivity contribution < 1.29 is 9.90 Å². The van der Waals surface area contributed by atoms with Crippen molar-refractivity contribution in [1.29, 1.82) is 0 Å². The van der Waals surface area contributed by atoms with Gasteiger partial charge >= 0.3 is 5.97 Å². The van der Waals surface area contributed by atoms with Crippen LogP contribution in [-0.4, -0.2) is 28.1 Å². The van der Waals surface area contributed by atoms with Gasteiger partial charge in [-0.25, -0.2) is 0 Å². The lowest BCUT2D eigenvalue weighted by Gasteiger charge is -2.34. The molecule has 0 fully saturated rings. The summed E-state index contributed by atoms with van der Waals surface area (Å²) in [5, 5.41) is 9.22. The fraction of sp³-hybridized carbons (Fsp3) is 0.462. The first-order valence-electron chi connectivity index (χ1n) is 5.60. The van der Waals surface area contributed by atoms with E-state index < -0.39 is 11.5 Å². The SMILES string of the molecule is CCN(Cc1cccc(Br)c1)C(C)(C)C(=O)O. The van der Waals surface area contributed by atoms with Crippen molar-refractivity contribution >= 4 is 21.9 Å². The Morgan fingerprint density at radius 1 is 1.47 bits per heavy atom. The molecule has 1 N–H and O–H groups in total. The van der Waals surface area contributed by atoms with Crippen LogP contribution in [0, 0.1) is 0 Å². The van der Waals surface area contributed by atoms with Crippen LogP contribution in [0.25, 0.3) is 0 Å². The molecule has 1 rings (SSSR count). The first-order chi connectivity index (χ1) is 7.87. The zero-order valence-corrected chi connectivity index (χ0v) is 12.0. The van der Waals surface area contributed by atoms with Gasteiger partial charge in [0, 0.05) is 11.0 Å². The van der Waals surface area contributed by atoms with Gasteiger partial charge in [-0.1, -0.05) is 35.0 Å². The van der Waals surface area contributed by atoms with Crippen LogP contribution >= 0.6 is 15.9 Å². The molecule has 0 saturated carbocycles. The van der Waals surface area contributed by atoms with Crippen LogP contribution in [-0.2, 0) is 11.3 Å². The summed E-state index contributed by atoms with van der Waals surface area (Å²) in [6.45, 7) is 6.78. The Morgan fingerprint density at radius 3 is 2.59 bits per heavy atom. The van der Waals surface area contributed by atoms with Gasteiger partial charge in [0.05, 0.1) is 0 Å². The molecule has 3 nitrogen and oxygen atoms in total. The van der Waals surface area contributed by atoms with Gasteiger partial charge in [0.25, 0.3) is 0 Å². The largest absolute Gasteiger partial charge is 0.480 e. The molecule has 4 heteroatoms. The number of hydrogen-bond acceptors (Lipinski definition) is 2. The fourth-order valence-electron chi connectivity index (χ4n) is 1.70. The van der Waals surface area contributed by atoms with Crippen molar-refractivity contribution in [3.63, 3.8) is 0 Å². The average molecular weight is 300 g/mol. The number of likely N-dealkylation sites (N-methyl/N-ethyl adjacent to an activating group) is 1. The monoisotopic (exact) mass is 299 g/mol. The Hall–Kier alpha value is -0.870. The summed E-state index contributed by atoms with van der Waals surface area (Å²) in [7, 11) is 0. The second-order valence-electron chi connectivity index (χ2n) is 4.51. The predicted molar refractivity (Wildman–Crippen MR) is 71.9 cm³/mol. The predicted octanol–water partition coefficient (Wildman–Crippen LogP) is 3.13. The summed E-state index contributed by atoms with van der Waals surface area (Å²) in [6, 6.07) is 7.94. The van der Waals surface area contributed by atoms with Crippen LogP contribution < -0.4 is 0 Å². The molecule has 0 aliphatic heterocycles. The van der Waals surface area contributed by atoms with Crippen LogP contribution in [0.5, 0.6) is 0 Å². The van der Waals surface area contributed by atoms with E-state index in [1.165, 1.54) is 0 Å². The molecule has 0 heterocycles. The molecule has 0 radical (unpaired) electrons. The number of carboxylic acid groups (broad SMARTS) is 1. The summed E-state index contributed by atoms with van der Waals surface area (Å²) < 4.78 is 1.01. The second-order valence-corrected chi connectivity index (χ2v) is 5.42. The number of aliphatic carboxylic acids is 1. The summed E-state index contributed by atoms with van der Waals surface area (Å²) in [5.41, 5.74) is 0.257. The van der Waals surface area contributed by atoms with Crippen molar-refractivity contribution in [3.05, 3.63) is 34.3 Å². The van der Waals surface area contributed by atoms with Crippen LogP contribution in [0.15, 0.2) is 28.7 Å². The van der Waals surface area contributed by atoms with Crippen LogP contribution in [0.2, 0.25) is 0 Å². The summed E-state index contributed by atoms with van der Waals surface area (Å²) in [5.74, 6) is -0.797. The first-order valence-corrected chi connectivity index (χ1v) is 6.40. The van der Waals surface area contributed by atoms with Crippen molar-refractivity contribution in [3.8, 4) is 0 Å². The molecule has 0 aliphatic rings. The van der Waals surface area contributed by atoms with Crippen molar-refractivity contribution in [2.45, 2.75) is 32.9 Å². The Kier molecular flexibility index (Phi) is 4.71. The molecular formula is C13H18BrNO2. The number of carbonyl (C=O) groups is 1. The van der Waals surface area contributed by atoms with Crippen LogP contribution in [0.1, 0.15) is 26.3 Å². The molecule has 0 atom stereocenters. The summed E-state index contributed by atoms with van der Waals surface area (Å²) in [4.78, 5) is 13.2. The van der Waals surface area contributed by atoms with Gasteiger partial charge in [0.1, 0.15) is 5.54 Å². The number of hydrogen-bond donors (Lipinski definition) is 1. The van der Waals surface area contributed by atoms with E-state index in [1.807, 2.05) is 36.1 Å². The van der Waals surface area contributed by atoms with Crippen molar-refractivity contribution in [2.24, 2.45) is 0 Å². The highest BCUT2D eigenvalue weighted by Gasteiger charge is 2.33. The fourth-order valence-corrected chi connectivity index (χ4v) is 2.14. The third-order valence-corrected chi connectivity index (χ3v) is 3.45. The van der Waals surface area contributed by atoms with Crippen molar-refractivity contribution in [1.82, 2.24) is 4.90 Å². The van der Waals surface area contributed by atoms with Gasteiger partial charge in [0.2, 0.25) is 0 Å². The Balaban J connectivity index is 2.87. The Bertz CT molecular complexity index is 404. The standard InChI is InChI=1S/C13H18BrNO2/c1-4-15(13(2,3)12(16)17)9-10-6-5-7-11(14)8-10/h5-8H,4,9H2,1-3H3,(H,16,17). The normalized spacial score (nSPS) is 11.8. The molecule has 0 unspecified atom stereocenters. The second kappa shape index (κ2) is 5.65. The van der Waals surface area contributed by atoms with Gasteiger partial charge in [-0.05, 0) is 38.1 Å². The highest BCUT2D eigenvalue weighted by atomic mass is 79.9. The number of carboxylic acids is 1. The van der Waals surface area contributed by atoms with E-state index in [-0.39, 0.29) is 0 Å². The van der Waals surface area contributed by atoms with E-state index in [0.29, 0.717) is 13.1 Å². The number of rotatable bonds is 5. The lowest BCUT2D eigenvalue weighted by Crippen LogP contribution is -2.49. The van der Waals surface area contributed by atoms with Crippen molar-refractivity contribution in [2.75, 3.05) is 6.54 Å². The van der Waals surface area contributed by atoms with E-state index >= 15 is 0 Å². The molecule has 1 aromatic carbocycles. The summed E-state index contributed by atoms with van der Waals surface area (Å²) >= 11 is 3.42. The lowest BCUT2D eigenvalue weighted by molar-refractivity contribution is -0.149. The quantitative estimate of drug-likeness (QED) is 0.908. The highest BCUT2D eigenvalue weighted by molar-refractivity contribution is 9.10. The molecule has 0 saturated heterocycles. The van der Waals surface area contributed by atoms with Gasteiger partial charge in [-0.3, -0.25) is 9.69 Å². The smallest absolute Gasteiger partial charge is 0.323 e. The number of nitrogens with zero attached hydrogens (tertiary/aromatic N) is 1. The van der Waals surface area contributed by atoms with E-state index in [2.05, 4.69) is 15.9 Å². The third kappa shape index (κ3) is 3.54. The molecule has 0 amide bonds. The molecular weight excluding hydrogens is 282 g/mol. The highest BCUT2D eigenvalue weighted by Crippen LogP contribution is 2.20. The van der Waals surface area contributed by atoms with E-state index in [4.69, 9.17) is 0 Å². The molecule has 1 aromatic rings. The number of halogens is 1.